The summed E-state index contributed by atoms with van der Waals surface area (Å²) in [7, 11) is 1.74. The minimum Gasteiger partial charge on any atom is -0.385 e. The maximum Gasteiger partial charge on any atom is 0.254 e. The summed E-state index contributed by atoms with van der Waals surface area (Å²) >= 11 is 0. The summed E-state index contributed by atoms with van der Waals surface area (Å²) < 4.78 is 10.6. The molecule has 0 aliphatic carbocycles. The number of aryl methyl sites for hydroxylation is 1. The number of hydrogen-bond acceptors (Lipinski definition) is 4. The van der Waals surface area contributed by atoms with Crippen LogP contribution in [0.1, 0.15) is 48.0 Å². The largest absolute Gasteiger partial charge is 0.385 e. The van der Waals surface area contributed by atoms with Crippen molar-refractivity contribution in [1.82, 2.24) is 4.90 Å². The summed E-state index contributed by atoms with van der Waals surface area (Å²) in [5, 5.41) is 0. The Morgan fingerprint density at radius 3 is 2.77 bits per heavy atom. The molecule has 1 atom stereocenters. The topological polar surface area (TPSA) is 42.0 Å². The van der Waals surface area contributed by atoms with E-state index in [9.17, 15) is 4.79 Å². The fourth-order valence-corrected chi connectivity index (χ4v) is 4.14. The van der Waals surface area contributed by atoms with Gasteiger partial charge in [-0.2, -0.15) is 0 Å². The second kappa shape index (κ2) is 9.38. The van der Waals surface area contributed by atoms with E-state index in [1.165, 1.54) is 17.7 Å². The average molecular weight is 360 g/mol. The number of methoxy groups -OCH3 is 1. The van der Waals surface area contributed by atoms with Gasteiger partial charge in [0.1, 0.15) is 0 Å². The third kappa shape index (κ3) is 4.57. The van der Waals surface area contributed by atoms with Gasteiger partial charge in [-0.3, -0.25) is 4.79 Å². The summed E-state index contributed by atoms with van der Waals surface area (Å²) in [6.07, 6.45) is 5.48. The number of carbonyl (C=O) groups is 1. The minimum atomic E-state index is 0.184. The van der Waals surface area contributed by atoms with E-state index >= 15 is 0 Å². The SMILES string of the molecule is COCCC[C@H]1CCCCN1C(=O)c1ccc(N2CCOCC2)c(C)c1. The van der Waals surface area contributed by atoms with Gasteiger partial charge in [-0.05, 0) is 62.8 Å². The highest BCUT2D eigenvalue weighted by Crippen LogP contribution is 2.26. The Balaban J connectivity index is 1.70. The summed E-state index contributed by atoms with van der Waals surface area (Å²) in [4.78, 5) is 17.6. The molecule has 2 fully saturated rings. The van der Waals surface area contributed by atoms with Crippen LogP contribution in [0.5, 0.6) is 0 Å². The first-order valence-electron chi connectivity index (χ1n) is 9.94. The number of carbonyl (C=O) groups excluding carboxylic acids is 1. The lowest BCUT2D eigenvalue weighted by molar-refractivity contribution is 0.0585. The van der Waals surface area contributed by atoms with Gasteiger partial charge < -0.3 is 19.3 Å². The number of rotatable bonds is 6. The van der Waals surface area contributed by atoms with Crippen LogP contribution in [-0.4, -0.2) is 63.4 Å². The Morgan fingerprint density at radius 1 is 1.23 bits per heavy atom. The van der Waals surface area contributed by atoms with Crippen molar-refractivity contribution in [2.24, 2.45) is 0 Å². The molecule has 0 radical (unpaired) electrons. The standard InChI is InChI=1S/C21H32N2O3/c1-17-16-18(8-9-20(17)22-11-14-26-15-12-22)21(24)23-10-4-3-6-19(23)7-5-13-25-2/h8-9,16,19H,3-7,10-15H2,1-2H3/t19-/m1/s1. The normalized spacial score (nSPS) is 21.1. The first kappa shape index (κ1) is 19.2. The molecule has 144 valence electrons. The predicted octanol–water partition coefficient (Wildman–Crippen LogP) is 3.25. The van der Waals surface area contributed by atoms with Gasteiger partial charge in [-0.1, -0.05) is 0 Å². The van der Waals surface area contributed by atoms with Gasteiger partial charge in [0.15, 0.2) is 0 Å². The Hall–Kier alpha value is -1.59. The zero-order valence-electron chi connectivity index (χ0n) is 16.2. The number of hydrogen-bond donors (Lipinski definition) is 0. The van der Waals surface area contributed by atoms with Gasteiger partial charge in [0, 0.05) is 50.6 Å². The van der Waals surface area contributed by atoms with Crippen molar-refractivity contribution in [1.29, 1.82) is 0 Å². The fraction of sp³-hybridized carbons (Fsp3) is 0.667. The van der Waals surface area contributed by atoms with Crippen LogP contribution in [0.15, 0.2) is 18.2 Å². The van der Waals surface area contributed by atoms with Gasteiger partial charge in [0.05, 0.1) is 13.2 Å². The number of ether oxygens (including phenoxy) is 2. The van der Waals surface area contributed by atoms with Crippen molar-refractivity contribution in [2.45, 2.75) is 45.1 Å². The monoisotopic (exact) mass is 360 g/mol. The van der Waals surface area contributed by atoms with Crippen LogP contribution in [0.25, 0.3) is 0 Å². The van der Waals surface area contributed by atoms with E-state index < -0.39 is 0 Å². The smallest absolute Gasteiger partial charge is 0.254 e. The van der Waals surface area contributed by atoms with Crippen molar-refractivity contribution in [3.63, 3.8) is 0 Å². The number of nitrogens with zero attached hydrogens (tertiary/aromatic N) is 2. The van der Waals surface area contributed by atoms with Crippen molar-refractivity contribution in [2.75, 3.05) is 51.5 Å². The average Bonchev–Trinajstić information content (AvgIpc) is 2.68. The fourth-order valence-electron chi connectivity index (χ4n) is 4.14. The van der Waals surface area contributed by atoms with Crippen LogP contribution in [0.2, 0.25) is 0 Å². The molecule has 0 aromatic heterocycles. The molecule has 2 aliphatic rings. The zero-order valence-corrected chi connectivity index (χ0v) is 16.2. The number of amides is 1. The lowest BCUT2D eigenvalue weighted by Gasteiger charge is -2.36. The summed E-state index contributed by atoms with van der Waals surface area (Å²) in [5.41, 5.74) is 3.21. The minimum absolute atomic E-state index is 0.184. The molecule has 0 saturated carbocycles. The highest BCUT2D eigenvalue weighted by atomic mass is 16.5. The first-order chi connectivity index (χ1) is 12.7. The number of benzene rings is 1. The Bertz CT molecular complexity index is 599. The van der Waals surface area contributed by atoms with Gasteiger partial charge in [-0.15, -0.1) is 0 Å². The molecule has 0 spiro atoms. The highest BCUT2D eigenvalue weighted by Gasteiger charge is 2.27. The maximum atomic E-state index is 13.1. The number of morpholine rings is 1. The molecule has 1 aromatic carbocycles. The van der Waals surface area contributed by atoms with Crippen molar-refractivity contribution >= 4 is 11.6 Å². The Kier molecular flexibility index (Phi) is 6.92. The van der Waals surface area contributed by atoms with Gasteiger partial charge in [-0.25, -0.2) is 0 Å². The number of likely N-dealkylation sites (tertiary alicyclic amines) is 1. The van der Waals surface area contributed by atoms with Crippen LogP contribution in [-0.2, 0) is 9.47 Å². The molecule has 2 saturated heterocycles. The zero-order chi connectivity index (χ0) is 18.4. The second-order valence-electron chi connectivity index (χ2n) is 7.38. The summed E-state index contributed by atoms with van der Waals surface area (Å²) in [6, 6.07) is 6.53. The van der Waals surface area contributed by atoms with Crippen LogP contribution >= 0.6 is 0 Å². The van der Waals surface area contributed by atoms with E-state index in [1.54, 1.807) is 7.11 Å². The number of anilines is 1. The van der Waals surface area contributed by atoms with Gasteiger partial charge >= 0.3 is 0 Å². The predicted molar refractivity (Wildman–Crippen MR) is 104 cm³/mol. The quantitative estimate of drug-likeness (QED) is 0.731. The molecular formula is C21H32N2O3. The van der Waals surface area contributed by atoms with E-state index in [-0.39, 0.29) is 5.91 Å². The molecule has 1 aromatic rings. The molecule has 0 bridgehead atoms. The van der Waals surface area contributed by atoms with E-state index in [0.717, 1.165) is 70.7 Å². The lowest BCUT2D eigenvalue weighted by Crippen LogP contribution is -2.44. The molecule has 5 heteroatoms. The molecule has 0 unspecified atom stereocenters. The highest BCUT2D eigenvalue weighted by molar-refractivity contribution is 5.95. The Morgan fingerprint density at radius 2 is 2.04 bits per heavy atom. The molecule has 3 rings (SSSR count). The summed E-state index contributed by atoms with van der Waals surface area (Å²) in [6.45, 7) is 7.14. The summed E-state index contributed by atoms with van der Waals surface area (Å²) in [5.74, 6) is 0.184. The molecule has 0 N–H and O–H groups in total. The lowest BCUT2D eigenvalue weighted by atomic mass is 9.96. The molecule has 2 heterocycles. The van der Waals surface area contributed by atoms with Crippen LogP contribution < -0.4 is 4.90 Å². The van der Waals surface area contributed by atoms with Crippen LogP contribution in [0.4, 0.5) is 5.69 Å². The molecule has 2 aliphatic heterocycles. The van der Waals surface area contributed by atoms with Crippen molar-refractivity contribution < 1.29 is 14.3 Å². The molecule has 5 nitrogen and oxygen atoms in total. The van der Waals surface area contributed by atoms with E-state index in [1.807, 2.05) is 6.07 Å². The van der Waals surface area contributed by atoms with Crippen molar-refractivity contribution in [3.8, 4) is 0 Å². The van der Waals surface area contributed by atoms with Gasteiger partial charge in [0.2, 0.25) is 0 Å². The van der Waals surface area contributed by atoms with E-state index in [4.69, 9.17) is 9.47 Å². The van der Waals surface area contributed by atoms with E-state index in [0.29, 0.717) is 6.04 Å². The maximum absolute atomic E-state index is 13.1. The Labute approximate surface area is 157 Å². The van der Waals surface area contributed by atoms with E-state index in [2.05, 4.69) is 28.9 Å². The molecular weight excluding hydrogens is 328 g/mol. The third-order valence-corrected chi connectivity index (χ3v) is 5.57. The third-order valence-electron chi connectivity index (χ3n) is 5.57. The van der Waals surface area contributed by atoms with Gasteiger partial charge in [0.25, 0.3) is 5.91 Å². The van der Waals surface area contributed by atoms with Crippen molar-refractivity contribution in [3.05, 3.63) is 29.3 Å². The van der Waals surface area contributed by atoms with Crippen LogP contribution in [0, 0.1) is 6.92 Å². The first-order valence-corrected chi connectivity index (χ1v) is 9.94. The second-order valence-corrected chi connectivity index (χ2v) is 7.38. The number of piperidine rings is 1. The van der Waals surface area contributed by atoms with Crippen LogP contribution in [0.3, 0.4) is 0 Å². The molecule has 1 amide bonds. The molecule has 26 heavy (non-hydrogen) atoms.